The Labute approximate surface area is 213 Å². The molecule has 0 atom stereocenters. The molecular formula is C24H26ClN11. The molecule has 4 aromatic rings. The number of aromatic nitrogens is 7. The van der Waals surface area contributed by atoms with Crippen molar-refractivity contribution in [2.24, 2.45) is 5.92 Å². The zero-order chi connectivity index (χ0) is 25.1. The van der Waals surface area contributed by atoms with Gasteiger partial charge < -0.3 is 20.1 Å². The molecule has 0 radical (unpaired) electrons. The first-order valence-electron chi connectivity index (χ1n) is 11.8. The van der Waals surface area contributed by atoms with Gasteiger partial charge in [-0.1, -0.05) is 25.4 Å². The summed E-state index contributed by atoms with van der Waals surface area (Å²) in [6.45, 7) is 6.81. The fraction of sp³-hybridized carbons (Fsp3) is 0.375. The van der Waals surface area contributed by atoms with Crippen molar-refractivity contribution in [2.45, 2.75) is 39.3 Å². The van der Waals surface area contributed by atoms with E-state index in [1.54, 1.807) is 18.5 Å². The van der Waals surface area contributed by atoms with Gasteiger partial charge in [0.25, 0.3) is 0 Å². The molecule has 11 nitrogen and oxygen atoms in total. The summed E-state index contributed by atoms with van der Waals surface area (Å²) in [5.41, 5.74) is 2.73. The summed E-state index contributed by atoms with van der Waals surface area (Å²) < 4.78 is 2.06. The van der Waals surface area contributed by atoms with Gasteiger partial charge >= 0.3 is 0 Å². The molecule has 0 saturated carbocycles. The van der Waals surface area contributed by atoms with E-state index >= 15 is 0 Å². The van der Waals surface area contributed by atoms with Crippen molar-refractivity contribution in [3.8, 4) is 6.07 Å². The molecule has 1 saturated heterocycles. The highest BCUT2D eigenvalue weighted by atomic mass is 35.5. The monoisotopic (exact) mass is 503 g/mol. The van der Waals surface area contributed by atoms with Gasteiger partial charge in [-0.05, 0) is 37.0 Å². The lowest BCUT2D eigenvalue weighted by Gasteiger charge is -2.33. The molecule has 4 aromatic heterocycles. The highest BCUT2D eigenvalue weighted by molar-refractivity contribution is 6.32. The predicted octanol–water partition coefficient (Wildman–Crippen LogP) is 4.02. The highest BCUT2D eigenvalue weighted by Gasteiger charge is 2.22. The van der Waals surface area contributed by atoms with Crippen LogP contribution in [0.3, 0.4) is 0 Å². The molecule has 0 spiro atoms. The van der Waals surface area contributed by atoms with E-state index < -0.39 is 0 Å². The van der Waals surface area contributed by atoms with Crippen molar-refractivity contribution < 1.29 is 0 Å². The normalized spacial score (nSPS) is 14.2. The van der Waals surface area contributed by atoms with Crippen LogP contribution >= 0.6 is 11.6 Å². The van der Waals surface area contributed by atoms with E-state index in [1.807, 2.05) is 24.5 Å². The molecule has 0 aliphatic carbocycles. The van der Waals surface area contributed by atoms with Gasteiger partial charge in [0.05, 0.1) is 24.4 Å². The molecule has 184 valence electrons. The van der Waals surface area contributed by atoms with Crippen LogP contribution in [-0.4, -0.2) is 53.8 Å². The lowest BCUT2D eigenvalue weighted by atomic mass is 10.1. The molecule has 2 N–H and O–H groups in total. The SMILES string of the molecule is CC(C)Cn1cnc2cc(Nc3ncc(Cl)c(NC4CCN(c5ccc(C#N)nn5)CC4)n3)cnc21. The van der Waals surface area contributed by atoms with Gasteiger partial charge in [0.2, 0.25) is 5.95 Å². The number of hydrogen-bond acceptors (Lipinski definition) is 10. The van der Waals surface area contributed by atoms with E-state index in [9.17, 15) is 0 Å². The van der Waals surface area contributed by atoms with E-state index in [2.05, 4.69) is 64.1 Å². The fourth-order valence-corrected chi connectivity index (χ4v) is 4.35. The number of hydrogen-bond donors (Lipinski definition) is 2. The second-order valence-corrected chi connectivity index (χ2v) is 9.57. The molecule has 5 rings (SSSR count). The third kappa shape index (κ3) is 5.28. The van der Waals surface area contributed by atoms with E-state index in [4.69, 9.17) is 16.9 Å². The largest absolute Gasteiger partial charge is 0.366 e. The van der Waals surface area contributed by atoms with Gasteiger partial charge in [0.1, 0.15) is 16.6 Å². The van der Waals surface area contributed by atoms with Gasteiger partial charge in [-0.2, -0.15) is 10.2 Å². The molecule has 0 amide bonds. The summed E-state index contributed by atoms with van der Waals surface area (Å²) in [7, 11) is 0. The second-order valence-electron chi connectivity index (χ2n) is 9.17. The van der Waals surface area contributed by atoms with Crippen LogP contribution < -0.4 is 15.5 Å². The molecule has 1 aliphatic heterocycles. The predicted molar refractivity (Wildman–Crippen MR) is 138 cm³/mol. The third-order valence-electron chi connectivity index (χ3n) is 5.94. The summed E-state index contributed by atoms with van der Waals surface area (Å²) in [4.78, 5) is 20.1. The van der Waals surface area contributed by atoms with Crippen LogP contribution in [0.2, 0.25) is 5.02 Å². The molecule has 12 heteroatoms. The van der Waals surface area contributed by atoms with E-state index in [1.165, 1.54) is 0 Å². The number of nitrogens with zero attached hydrogens (tertiary/aromatic N) is 9. The Kier molecular flexibility index (Phi) is 6.77. The van der Waals surface area contributed by atoms with Crippen LogP contribution in [0.4, 0.5) is 23.3 Å². The lowest BCUT2D eigenvalue weighted by Crippen LogP contribution is -2.39. The van der Waals surface area contributed by atoms with Crippen molar-refractivity contribution in [3.05, 3.63) is 47.6 Å². The van der Waals surface area contributed by atoms with Crippen LogP contribution in [0.25, 0.3) is 11.2 Å². The number of rotatable bonds is 7. The number of halogens is 1. The van der Waals surface area contributed by atoms with Crippen molar-refractivity contribution >= 4 is 46.0 Å². The summed E-state index contributed by atoms with van der Waals surface area (Å²) in [5.74, 6) is 2.29. The quantitative estimate of drug-likeness (QED) is 0.380. The summed E-state index contributed by atoms with van der Waals surface area (Å²) in [5, 5.41) is 24.1. The fourth-order valence-electron chi connectivity index (χ4n) is 4.20. The molecule has 1 aliphatic rings. The average molecular weight is 504 g/mol. The summed E-state index contributed by atoms with van der Waals surface area (Å²) in [6.07, 6.45) is 6.92. The van der Waals surface area contributed by atoms with Crippen molar-refractivity contribution in [1.82, 2.24) is 34.7 Å². The van der Waals surface area contributed by atoms with Crippen molar-refractivity contribution in [2.75, 3.05) is 28.6 Å². The van der Waals surface area contributed by atoms with Crippen LogP contribution in [0.15, 0.2) is 36.9 Å². The smallest absolute Gasteiger partial charge is 0.229 e. The van der Waals surface area contributed by atoms with Crippen LogP contribution in [0.5, 0.6) is 0 Å². The molecule has 0 aromatic carbocycles. The third-order valence-corrected chi connectivity index (χ3v) is 6.22. The highest BCUT2D eigenvalue weighted by Crippen LogP contribution is 2.26. The number of imidazole rings is 1. The van der Waals surface area contributed by atoms with Gasteiger partial charge in [-0.3, -0.25) is 0 Å². The molecule has 0 bridgehead atoms. The number of nitrogens with one attached hydrogen (secondary N) is 2. The zero-order valence-electron chi connectivity index (χ0n) is 20.1. The maximum absolute atomic E-state index is 8.90. The van der Waals surface area contributed by atoms with Crippen molar-refractivity contribution in [3.63, 3.8) is 0 Å². The Morgan fingerprint density at radius 3 is 2.69 bits per heavy atom. The average Bonchev–Trinajstić information content (AvgIpc) is 3.28. The minimum Gasteiger partial charge on any atom is -0.366 e. The Bertz CT molecular complexity index is 1390. The van der Waals surface area contributed by atoms with E-state index in [0.29, 0.717) is 28.4 Å². The zero-order valence-corrected chi connectivity index (χ0v) is 20.8. The molecule has 1 fully saturated rings. The molecule has 36 heavy (non-hydrogen) atoms. The number of anilines is 4. The molecule has 5 heterocycles. The van der Waals surface area contributed by atoms with Crippen LogP contribution in [-0.2, 0) is 6.54 Å². The first-order chi connectivity index (χ1) is 17.5. The van der Waals surface area contributed by atoms with Gasteiger partial charge in [0, 0.05) is 25.7 Å². The Balaban J connectivity index is 1.22. The molecular weight excluding hydrogens is 478 g/mol. The van der Waals surface area contributed by atoms with Crippen molar-refractivity contribution in [1.29, 1.82) is 5.26 Å². The lowest BCUT2D eigenvalue weighted by molar-refractivity contribution is 0.521. The topological polar surface area (TPSA) is 133 Å². The summed E-state index contributed by atoms with van der Waals surface area (Å²) >= 11 is 6.40. The second kappa shape index (κ2) is 10.3. The van der Waals surface area contributed by atoms with Gasteiger partial charge in [0.15, 0.2) is 23.0 Å². The first-order valence-corrected chi connectivity index (χ1v) is 12.2. The van der Waals surface area contributed by atoms with E-state index in [0.717, 1.165) is 55.1 Å². The standard InChI is InChI=1S/C24H26ClN11/c1-15(2)13-36-14-29-20-9-18(11-27-23(20)36)31-24-28-12-19(25)22(32-24)30-16-5-7-35(8-6-16)21-4-3-17(10-26)33-34-21/h3-4,9,11-12,14-16H,5-8,13H2,1-2H3,(H2,28,30,31,32). The van der Waals surface area contributed by atoms with Gasteiger partial charge in [-0.15, -0.1) is 10.2 Å². The maximum Gasteiger partial charge on any atom is 0.229 e. The summed E-state index contributed by atoms with van der Waals surface area (Å²) in [6, 6.07) is 7.65. The van der Waals surface area contributed by atoms with Gasteiger partial charge in [-0.25, -0.2) is 15.0 Å². The Morgan fingerprint density at radius 1 is 1.14 bits per heavy atom. The minimum absolute atomic E-state index is 0.204. The Hall–Kier alpha value is -4.04. The minimum atomic E-state index is 0.204. The molecule has 0 unspecified atom stereocenters. The van der Waals surface area contributed by atoms with Crippen LogP contribution in [0, 0.1) is 17.2 Å². The number of nitriles is 1. The Morgan fingerprint density at radius 2 is 1.97 bits per heavy atom. The number of piperidine rings is 1. The van der Waals surface area contributed by atoms with Crippen LogP contribution in [0.1, 0.15) is 32.4 Å². The first kappa shape index (κ1) is 23.7. The van der Waals surface area contributed by atoms with E-state index in [-0.39, 0.29) is 6.04 Å². The maximum atomic E-state index is 8.90. The number of pyridine rings is 1. The number of fused-ring (bicyclic) bond motifs is 1.